The first-order valence-corrected chi connectivity index (χ1v) is 11.2. The monoisotopic (exact) mass is 447 g/mol. The zero-order chi connectivity index (χ0) is 21.1. The van der Waals surface area contributed by atoms with Crippen LogP contribution in [0.4, 0.5) is 10.5 Å². The van der Waals surface area contributed by atoms with Gasteiger partial charge in [0.05, 0.1) is 17.6 Å². The van der Waals surface area contributed by atoms with Crippen molar-refractivity contribution < 1.29 is 9.59 Å². The summed E-state index contributed by atoms with van der Waals surface area (Å²) in [4.78, 5) is 42.3. The fourth-order valence-electron chi connectivity index (χ4n) is 3.61. The van der Waals surface area contributed by atoms with Crippen LogP contribution >= 0.6 is 23.4 Å². The van der Waals surface area contributed by atoms with E-state index in [1.54, 1.807) is 28.1 Å². The van der Waals surface area contributed by atoms with Crippen LogP contribution in [-0.2, 0) is 4.79 Å². The third-order valence-corrected chi connectivity index (χ3v) is 6.56. The molecule has 4 rings (SSSR count). The van der Waals surface area contributed by atoms with Gasteiger partial charge < -0.3 is 14.7 Å². The van der Waals surface area contributed by atoms with Crippen molar-refractivity contribution >= 4 is 40.2 Å². The first kappa shape index (κ1) is 20.7. The SMILES string of the molecule is O=C(CCN1CCSC1=O)N1CCN(c2cnn(-c3ccccc3)c(=O)c2Cl)CC1. The van der Waals surface area contributed by atoms with Crippen LogP contribution in [-0.4, -0.2) is 75.7 Å². The molecule has 8 nitrogen and oxygen atoms in total. The van der Waals surface area contributed by atoms with E-state index >= 15 is 0 Å². The molecule has 2 amide bonds. The Labute approximate surface area is 183 Å². The summed E-state index contributed by atoms with van der Waals surface area (Å²) in [7, 11) is 0. The zero-order valence-corrected chi connectivity index (χ0v) is 17.9. The minimum atomic E-state index is -0.368. The molecule has 0 N–H and O–H groups in total. The normalized spacial score (nSPS) is 17.0. The fourth-order valence-corrected chi connectivity index (χ4v) is 4.71. The maximum absolute atomic E-state index is 12.7. The standard InChI is InChI=1S/C20H22ClN5O3S/c21-18-16(14-22-26(19(18)28)15-4-2-1-3-5-15)23-8-10-24(11-9-23)17(27)6-7-25-12-13-30-20(25)29/h1-5,14H,6-13H2. The van der Waals surface area contributed by atoms with Crippen molar-refractivity contribution in [3.8, 4) is 5.69 Å². The summed E-state index contributed by atoms with van der Waals surface area (Å²) in [6, 6.07) is 9.12. The predicted molar refractivity (Wildman–Crippen MR) is 118 cm³/mol. The van der Waals surface area contributed by atoms with Gasteiger partial charge in [0.1, 0.15) is 5.02 Å². The molecule has 1 aromatic heterocycles. The van der Waals surface area contributed by atoms with Crippen LogP contribution in [0.1, 0.15) is 6.42 Å². The number of rotatable bonds is 5. The molecule has 2 saturated heterocycles. The first-order chi connectivity index (χ1) is 14.5. The Kier molecular flexibility index (Phi) is 6.29. The number of aromatic nitrogens is 2. The molecule has 2 aliphatic heterocycles. The fraction of sp³-hybridized carbons (Fsp3) is 0.400. The van der Waals surface area contributed by atoms with E-state index in [9.17, 15) is 14.4 Å². The number of nitrogens with zero attached hydrogens (tertiary/aromatic N) is 5. The molecule has 158 valence electrons. The topological polar surface area (TPSA) is 78.8 Å². The summed E-state index contributed by atoms with van der Waals surface area (Å²) >= 11 is 7.68. The third kappa shape index (κ3) is 4.32. The van der Waals surface area contributed by atoms with Gasteiger partial charge in [-0.3, -0.25) is 14.4 Å². The quantitative estimate of drug-likeness (QED) is 0.698. The molecule has 0 unspecified atom stereocenters. The molecule has 0 saturated carbocycles. The number of anilines is 1. The molecular formula is C20H22ClN5O3S. The minimum absolute atomic E-state index is 0.0445. The molecule has 1 aromatic carbocycles. The summed E-state index contributed by atoms with van der Waals surface area (Å²) in [6.45, 7) is 3.41. The maximum Gasteiger partial charge on any atom is 0.292 e. The number of hydrogen-bond donors (Lipinski definition) is 0. The first-order valence-electron chi connectivity index (χ1n) is 9.82. The molecular weight excluding hydrogens is 426 g/mol. The number of halogens is 1. The number of carbonyl (C=O) groups is 2. The van der Waals surface area contributed by atoms with Gasteiger partial charge in [0.15, 0.2) is 0 Å². The highest BCUT2D eigenvalue weighted by Crippen LogP contribution is 2.23. The van der Waals surface area contributed by atoms with E-state index in [1.807, 2.05) is 23.1 Å². The Morgan fingerprint density at radius 3 is 2.47 bits per heavy atom. The van der Waals surface area contributed by atoms with E-state index in [-0.39, 0.29) is 21.7 Å². The lowest BCUT2D eigenvalue weighted by molar-refractivity contribution is -0.131. The Hall–Kier alpha value is -2.52. The van der Waals surface area contributed by atoms with E-state index in [0.717, 1.165) is 5.75 Å². The molecule has 2 aliphatic rings. The van der Waals surface area contributed by atoms with Crippen molar-refractivity contribution in [3.05, 3.63) is 51.9 Å². The summed E-state index contributed by atoms with van der Waals surface area (Å²) in [5.74, 6) is 0.840. The van der Waals surface area contributed by atoms with Gasteiger partial charge in [-0.1, -0.05) is 41.6 Å². The molecule has 0 spiro atoms. The van der Waals surface area contributed by atoms with Gasteiger partial charge in [-0.2, -0.15) is 9.78 Å². The van der Waals surface area contributed by atoms with Gasteiger partial charge in [-0.05, 0) is 12.1 Å². The van der Waals surface area contributed by atoms with Gasteiger partial charge in [0, 0.05) is 51.4 Å². The summed E-state index contributed by atoms with van der Waals surface area (Å²) in [5, 5.41) is 4.46. The van der Waals surface area contributed by atoms with Crippen molar-refractivity contribution in [1.29, 1.82) is 0 Å². The van der Waals surface area contributed by atoms with Gasteiger partial charge in [0.25, 0.3) is 10.8 Å². The maximum atomic E-state index is 12.7. The molecule has 3 heterocycles. The smallest absolute Gasteiger partial charge is 0.292 e. The van der Waals surface area contributed by atoms with Crippen molar-refractivity contribution in [2.24, 2.45) is 0 Å². The molecule has 0 atom stereocenters. The van der Waals surface area contributed by atoms with Gasteiger partial charge in [-0.15, -0.1) is 0 Å². The third-order valence-electron chi connectivity index (χ3n) is 5.31. The van der Waals surface area contributed by atoms with Gasteiger partial charge in [0.2, 0.25) is 5.91 Å². The number of benzene rings is 1. The largest absolute Gasteiger partial charge is 0.365 e. The van der Waals surface area contributed by atoms with E-state index in [4.69, 9.17) is 11.6 Å². The number of carbonyl (C=O) groups excluding carboxylic acids is 2. The van der Waals surface area contributed by atoms with Crippen LogP contribution in [0.2, 0.25) is 5.02 Å². The van der Waals surface area contributed by atoms with Crippen LogP contribution in [0, 0.1) is 0 Å². The molecule has 0 aliphatic carbocycles. The number of thioether (sulfide) groups is 1. The number of piperazine rings is 1. The van der Waals surface area contributed by atoms with E-state index in [2.05, 4.69) is 5.10 Å². The Morgan fingerprint density at radius 2 is 1.80 bits per heavy atom. The van der Waals surface area contributed by atoms with Crippen LogP contribution in [0.5, 0.6) is 0 Å². The van der Waals surface area contributed by atoms with Crippen molar-refractivity contribution in [3.63, 3.8) is 0 Å². The zero-order valence-electron chi connectivity index (χ0n) is 16.4. The van der Waals surface area contributed by atoms with E-state index in [0.29, 0.717) is 57.1 Å². The van der Waals surface area contributed by atoms with Crippen LogP contribution in [0.3, 0.4) is 0 Å². The van der Waals surface area contributed by atoms with Crippen molar-refractivity contribution in [2.75, 3.05) is 49.9 Å². The molecule has 2 fully saturated rings. The van der Waals surface area contributed by atoms with Crippen molar-refractivity contribution in [1.82, 2.24) is 19.6 Å². The molecule has 10 heteroatoms. The molecule has 2 aromatic rings. The Morgan fingerprint density at radius 1 is 1.07 bits per heavy atom. The predicted octanol–water partition coefficient (Wildman–Crippen LogP) is 2.09. The summed E-state index contributed by atoms with van der Waals surface area (Å²) < 4.78 is 1.28. The lowest BCUT2D eigenvalue weighted by Crippen LogP contribution is -2.49. The molecule has 30 heavy (non-hydrogen) atoms. The Bertz CT molecular complexity index is 992. The number of para-hydroxylation sites is 1. The molecule has 0 bridgehead atoms. The lowest BCUT2D eigenvalue weighted by atomic mass is 10.2. The average molecular weight is 448 g/mol. The highest BCUT2D eigenvalue weighted by Gasteiger charge is 2.26. The van der Waals surface area contributed by atoms with Crippen molar-refractivity contribution in [2.45, 2.75) is 6.42 Å². The summed E-state index contributed by atoms with van der Waals surface area (Å²) in [6.07, 6.45) is 1.94. The second-order valence-electron chi connectivity index (χ2n) is 7.12. The highest BCUT2D eigenvalue weighted by molar-refractivity contribution is 8.13. The summed E-state index contributed by atoms with van der Waals surface area (Å²) in [5.41, 5.74) is 0.869. The second-order valence-corrected chi connectivity index (χ2v) is 8.54. The van der Waals surface area contributed by atoms with E-state index < -0.39 is 0 Å². The number of hydrogen-bond acceptors (Lipinski definition) is 6. The van der Waals surface area contributed by atoms with Gasteiger partial charge in [-0.25, -0.2) is 0 Å². The average Bonchev–Trinajstić information content (AvgIpc) is 3.19. The van der Waals surface area contributed by atoms with Gasteiger partial charge >= 0.3 is 0 Å². The lowest BCUT2D eigenvalue weighted by Gasteiger charge is -2.36. The Balaban J connectivity index is 1.37. The molecule has 0 radical (unpaired) electrons. The van der Waals surface area contributed by atoms with Crippen LogP contribution in [0.25, 0.3) is 5.69 Å². The van der Waals surface area contributed by atoms with Crippen LogP contribution in [0.15, 0.2) is 41.3 Å². The second kappa shape index (κ2) is 9.09. The highest BCUT2D eigenvalue weighted by atomic mass is 35.5. The number of amides is 2. The van der Waals surface area contributed by atoms with Crippen LogP contribution < -0.4 is 10.5 Å². The minimum Gasteiger partial charge on any atom is -0.365 e. The van der Waals surface area contributed by atoms with E-state index in [1.165, 1.54) is 16.4 Å².